The van der Waals surface area contributed by atoms with E-state index in [-0.39, 0.29) is 34.7 Å². The summed E-state index contributed by atoms with van der Waals surface area (Å²) in [4.78, 5) is 14.1. The van der Waals surface area contributed by atoms with E-state index in [9.17, 15) is 26.7 Å². The van der Waals surface area contributed by atoms with Crippen molar-refractivity contribution in [1.82, 2.24) is 5.32 Å². The second kappa shape index (κ2) is 8.38. The number of thioether (sulfide) groups is 1. The van der Waals surface area contributed by atoms with Crippen molar-refractivity contribution in [2.45, 2.75) is 16.8 Å². The Morgan fingerprint density at radius 3 is 2.61 bits per heavy atom. The average molecular weight is 416 g/mol. The van der Waals surface area contributed by atoms with E-state index < -0.39 is 23.0 Å². The van der Waals surface area contributed by atoms with Crippen LogP contribution in [0.2, 0.25) is 0 Å². The molecule has 1 aliphatic heterocycles. The molecule has 9 heteroatoms. The highest BCUT2D eigenvalue weighted by atomic mass is 32.2. The Morgan fingerprint density at radius 2 is 1.89 bits per heavy atom. The molecule has 0 spiro atoms. The molecule has 1 heterocycles. The van der Waals surface area contributed by atoms with Gasteiger partial charge in [-0.2, -0.15) is 13.2 Å². The molecular weight excluding hydrogens is 399 g/mol. The normalized spacial score (nSPS) is 17.0. The molecule has 2 aromatic rings. The van der Waals surface area contributed by atoms with Crippen LogP contribution in [-0.4, -0.2) is 31.0 Å². The lowest BCUT2D eigenvalue weighted by Crippen LogP contribution is -2.31. The first-order chi connectivity index (χ1) is 13.2. The smallest absolute Gasteiger partial charge is 0.371 e. The molecule has 1 atom stereocenters. The van der Waals surface area contributed by atoms with Crippen LogP contribution < -0.4 is 10.2 Å². The standard InChI is InChI=1S/C19H17F5N2OS/c20-15-6-5-13(9-16(15)21)26-8-7-12(11-26)10-25-18(27)14-3-1-2-4-17(14)28-19(22,23)24/h1-6,9,12H,7-8,10-11H2,(H,25,27). The second-order valence-electron chi connectivity index (χ2n) is 6.45. The van der Waals surface area contributed by atoms with E-state index in [2.05, 4.69) is 5.32 Å². The molecule has 0 aliphatic carbocycles. The quantitative estimate of drug-likeness (QED) is 0.560. The first-order valence-electron chi connectivity index (χ1n) is 8.56. The Kier molecular flexibility index (Phi) is 6.12. The monoisotopic (exact) mass is 416 g/mol. The third kappa shape index (κ3) is 5.15. The Morgan fingerprint density at radius 1 is 1.14 bits per heavy atom. The molecule has 1 fully saturated rings. The number of alkyl halides is 3. The van der Waals surface area contributed by atoms with Crippen molar-refractivity contribution in [2.24, 2.45) is 5.92 Å². The number of anilines is 1. The van der Waals surface area contributed by atoms with Crippen molar-refractivity contribution in [3.05, 3.63) is 59.7 Å². The number of carbonyl (C=O) groups excluding carboxylic acids is 1. The molecule has 0 aromatic heterocycles. The summed E-state index contributed by atoms with van der Waals surface area (Å²) in [6.45, 7) is 1.43. The zero-order chi connectivity index (χ0) is 20.3. The molecule has 2 aromatic carbocycles. The molecule has 0 saturated carbocycles. The SMILES string of the molecule is O=C(NCC1CCN(c2ccc(F)c(F)c2)C1)c1ccccc1SC(F)(F)F. The van der Waals surface area contributed by atoms with E-state index in [0.29, 0.717) is 18.8 Å². The van der Waals surface area contributed by atoms with Gasteiger partial charge in [0.1, 0.15) is 0 Å². The third-order valence-corrected chi connectivity index (χ3v) is 5.27. The van der Waals surface area contributed by atoms with Gasteiger partial charge in [0.25, 0.3) is 5.91 Å². The minimum absolute atomic E-state index is 0.0275. The number of amides is 1. The molecule has 3 rings (SSSR count). The van der Waals surface area contributed by atoms with E-state index >= 15 is 0 Å². The first-order valence-corrected chi connectivity index (χ1v) is 9.37. The summed E-state index contributed by atoms with van der Waals surface area (Å²) in [5.74, 6) is -2.35. The van der Waals surface area contributed by atoms with E-state index in [1.807, 2.05) is 4.90 Å². The highest BCUT2D eigenvalue weighted by Gasteiger charge is 2.31. The summed E-state index contributed by atoms with van der Waals surface area (Å²) in [6.07, 6.45) is 0.720. The van der Waals surface area contributed by atoms with Crippen LogP contribution in [0.3, 0.4) is 0 Å². The summed E-state index contributed by atoms with van der Waals surface area (Å²) >= 11 is -0.321. The topological polar surface area (TPSA) is 32.3 Å². The number of benzene rings is 2. The summed E-state index contributed by atoms with van der Waals surface area (Å²) in [5.41, 5.74) is -3.95. The Balaban J connectivity index is 1.58. The van der Waals surface area contributed by atoms with E-state index in [4.69, 9.17) is 0 Å². The Bertz CT molecular complexity index is 858. The van der Waals surface area contributed by atoms with Crippen LogP contribution in [0.15, 0.2) is 47.4 Å². The van der Waals surface area contributed by atoms with Crippen molar-refractivity contribution in [2.75, 3.05) is 24.5 Å². The minimum Gasteiger partial charge on any atom is -0.371 e. The lowest BCUT2D eigenvalue weighted by molar-refractivity contribution is -0.0328. The molecule has 1 N–H and O–H groups in total. The fourth-order valence-electron chi connectivity index (χ4n) is 3.12. The molecule has 0 radical (unpaired) electrons. The highest BCUT2D eigenvalue weighted by molar-refractivity contribution is 8.00. The fourth-order valence-corrected chi connectivity index (χ4v) is 3.78. The second-order valence-corrected chi connectivity index (χ2v) is 7.56. The van der Waals surface area contributed by atoms with Crippen molar-refractivity contribution in [3.63, 3.8) is 0 Å². The number of nitrogens with one attached hydrogen (secondary N) is 1. The fraction of sp³-hybridized carbons (Fsp3) is 0.316. The van der Waals surface area contributed by atoms with Gasteiger partial charge >= 0.3 is 5.51 Å². The average Bonchev–Trinajstić information content (AvgIpc) is 3.10. The Labute approximate surface area is 162 Å². The molecule has 28 heavy (non-hydrogen) atoms. The van der Waals surface area contributed by atoms with Crippen LogP contribution in [0, 0.1) is 17.6 Å². The molecule has 0 bridgehead atoms. The van der Waals surface area contributed by atoms with Gasteiger partial charge in [0.05, 0.1) is 5.56 Å². The number of halogens is 5. The van der Waals surface area contributed by atoms with Crippen LogP contribution in [0.5, 0.6) is 0 Å². The van der Waals surface area contributed by atoms with Gasteiger partial charge in [-0.05, 0) is 48.4 Å². The van der Waals surface area contributed by atoms with Crippen molar-refractivity contribution >= 4 is 23.4 Å². The maximum Gasteiger partial charge on any atom is 0.446 e. The van der Waals surface area contributed by atoms with Crippen LogP contribution in [0.1, 0.15) is 16.8 Å². The van der Waals surface area contributed by atoms with Crippen molar-refractivity contribution in [3.8, 4) is 0 Å². The molecule has 1 amide bonds. The zero-order valence-electron chi connectivity index (χ0n) is 14.6. The van der Waals surface area contributed by atoms with E-state index in [1.165, 1.54) is 30.3 Å². The molecule has 1 saturated heterocycles. The molecule has 150 valence electrons. The minimum atomic E-state index is -4.48. The Hall–Kier alpha value is -2.29. The molecule has 1 unspecified atom stereocenters. The number of hydrogen-bond donors (Lipinski definition) is 1. The van der Waals surface area contributed by atoms with E-state index in [1.54, 1.807) is 0 Å². The maximum absolute atomic E-state index is 13.4. The first kappa shape index (κ1) is 20.4. The molecule has 1 aliphatic rings. The van der Waals surface area contributed by atoms with Crippen LogP contribution in [0.25, 0.3) is 0 Å². The van der Waals surface area contributed by atoms with Crippen LogP contribution >= 0.6 is 11.8 Å². The largest absolute Gasteiger partial charge is 0.446 e. The van der Waals surface area contributed by atoms with Crippen LogP contribution in [0.4, 0.5) is 27.6 Å². The lowest BCUT2D eigenvalue weighted by atomic mass is 10.1. The van der Waals surface area contributed by atoms with Gasteiger partial charge in [0, 0.05) is 36.3 Å². The molecular formula is C19H17F5N2OS. The predicted molar refractivity (Wildman–Crippen MR) is 97.4 cm³/mol. The van der Waals surface area contributed by atoms with Crippen molar-refractivity contribution in [1.29, 1.82) is 0 Å². The van der Waals surface area contributed by atoms with Gasteiger partial charge in [-0.1, -0.05) is 12.1 Å². The van der Waals surface area contributed by atoms with Gasteiger partial charge in [0.2, 0.25) is 0 Å². The number of nitrogens with zero attached hydrogens (tertiary/aromatic N) is 1. The molecule has 3 nitrogen and oxygen atoms in total. The van der Waals surface area contributed by atoms with Gasteiger partial charge < -0.3 is 10.2 Å². The van der Waals surface area contributed by atoms with E-state index in [0.717, 1.165) is 18.6 Å². The predicted octanol–water partition coefficient (Wildman–Crippen LogP) is 4.83. The van der Waals surface area contributed by atoms with Gasteiger partial charge in [-0.3, -0.25) is 4.79 Å². The van der Waals surface area contributed by atoms with Gasteiger partial charge in [-0.15, -0.1) is 0 Å². The number of carbonyl (C=O) groups is 1. The lowest BCUT2D eigenvalue weighted by Gasteiger charge is -2.19. The number of rotatable bonds is 5. The van der Waals surface area contributed by atoms with Crippen LogP contribution in [-0.2, 0) is 0 Å². The van der Waals surface area contributed by atoms with Gasteiger partial charge in [0.15, 0.2) is 11.6 Å². The summed E-state index contributed by atoms with van der Waals surface area (Å²) < 4.78 is 64.4. The summed E-state index contributed by atoms with van der Waals surface area (Å²) in [7, 11) is 0. The summed E-state index contributed by atoms with van der Waals surface area (Å²) in [6, 6.07) is 9.25. The summed E-state index contributed by atoms with van der Waals surface area (Å²) in [5, 5.41) is 2.68. The van der Waals surface area contributed by atoms with Crippen molar-refractivity contribution < 1.29 is 26.7 Å². The number of hydrogen-bond acceptors (Lipinski definition) is 3. The van der Waals surface area contributed by atoms with Gasteiger partial charge in [-0.25, -0.2) is 8.78 Å². The zero-order valence-corrected chi connectivity index (χ0v) is 15.4. The maximum atomic E-state index is 13.4. The highest BCUT2D eigenvalue weighted by Crippen LogP contribution is 2.38. The third-order valence-electron chi connectivity index (χ3n) is 4.46.